The summed E-state index contributed by atoms with van der Waals surface area (Å²) >= 11 is 0. The fourth-order valence-corrected chi connectivity index (χ4v) is 2.97. The lowest BCUT2D eigenvalue weighted by Gasteiger charge is -2.21. The number of carbonyl (C=O) groups excluding carboxylic acids is 2. The Morgan fingerprint density at radius 1 is 1.15 bits per heavy atom. The highest BCUT2D eigenvalue weighted by Gasteiger charge is 2.40. The molecule has 0 bridgehead atoms. The summed E-state index contributed by atoms with van der Waals surface area (Å²) in [7, 11) is 0. The molecule has 2 aromatic rings. The molecular weight excluding hydrogens is 450 g/mol. The van der Waals surface area contributed by atoms with E-state index in [1.165, 1.54) is 18.3 Å². The highest BCUT2D eigenvalue weighted by molar-refractivity contribution is 5.76. The zero-order valence-electron chi connectivity index (χ0n) is 17.7. The van der Waals surface area contributed by atoms with Gasteiger partial charge in [0, 0.05) is 43.7 Å². The predicted octanol–water partition coefficient (Wildman–Crippen LogP) is 2.32. The van der Waals surface area contributed by atoms with Gasteiger partial charge in [0.2, 0.25) is 5.91 Å². The van der Waals surface area contributed by atoms with Gasteiger partial charge in [0.1, 0.15) is 12.4 Å². The second-order valence-electron chi connectivity index (χ2n) is 7.09. The number of alkyl halides is 3. The number of esters is 1. The average Bonchev–Trinajstić information content (AvgIpc) is 3.23. The van der Waals surface area contributed by atoms with Crippen molar-refractivity contribution in [1.29, 1.82) is 0 Å². The number of carbonyl (C=O) groups is 2. The van der Waals surface area contributed by atoms with Crippen molar-refractivity contribution in [1.82, 2.24) is 15.4 Å². The molecule has 1 aromatic carbocycles. The maximum Gasteiger partial charge on any atom is 0.490 e. The van der Waals surface area contributed by atoms with Crippen LogP contribution < -0.4 is 5.32 Å². The van der Waals surface area contributed by atoms with Crippen LogP contribution in [0.2, 0.25) is 0 Å². The van der Waals surface area contributed by atoms with Gasteiger partial charge in [0.15, 0.2) is 5.76 Å². The van der Waals surface area contributed by atoms with Crippen LogP contribution >= 0.6 is 0 Å². The smallest absolute Gasteiger partial charge is 0.458 e. The zero-order valence-corrected chi connectivity index (χ0v) is 17.7. The van der Waals surface area contributed by atoms with Crippen molar-refractivity contribution < 1.29 is 41.5 Å². The van der Waals surface area contributed by atoms with Crippen LogP contribution in [0.15, 0.2) is 35.0 Å². The first kappa shape index (κ1) is 26.3. The fraction of sp³-hybridized carbons (Fsp3) is 0.476. The molecule has 12 heteroatoms. The number of rotatable bonds is 13. The number of halogens is 4. The molecule has 0 aliphatic rings. The first-order chi connectivity index (χ1) is 15.7. The number of ether oxygens (including phenoxy) is 1. The number of aliphatic hydroxyl groups is 1. The van der Waals surface area contributed by atoms with Gasteiger partial charge in [0.05, 0.1) is 12.8 Å². The Hall–Kier alpha value is -2.99. The van der Waals surface area contributed by atoms with Crippen molar-refractivity contribution in [3.63, 3.8) is 0 Å². The molecule has 8 nitrogen and oxygen atoms in total. The molecule has 0 saturated carbocycles. The van der Waals surface area contributed by atoms with E-state index >= 15 is 0 Å². The first-order valence-electron chi connectivity index (χ1n) is 10.2. The predicted molar refractivity (Wildman–Crippen MR) is 108 cm³/mol. The number of hydrogen-bond acceptors (Lipinski definition) is 7. The molecule has 2 N–H and O–H groups in total. The summed E-state index contributed by atoms with van der Waals surface area (Å²) in [5.41, 5.74) is 1.36. The molecule has 0 saturated heterocycles. The average molecular weight is 475 g/mol. The van der Waals surface area contributed by atoms with Crippen LogP contribution in [0.5, 0.6) is 0 Å². The second kappa shape index (κ2) is 12.9. The van der Waals surface area contributed by atoms with Crippen LogP contribution in [-0.4, -0.2) is 72.6 Å². The molecule has 0 unspecified atom stereocenters. The van der Waals surface area contributed by atoms with Gasteiger partial charge in [-0.1, -0.05) is 5.16 Å². The Labute approximate surface area is 187 Å². The Morgan fingerprint density at radius 3 is 2.55 bits per heavy atom. The number of hydrogen-bond donors (Lipinski definition) is 2. The van der Waals surface area contributed by atoms with Crippen molar-refractivity contribution in [3.05, 3.63) is 41.8 Å². The lowest BCUT2D eigenvalue weighted by atomic mass is 10.1. The molecule has 0 atom stereocenters. The van der Waals surface area contributed by atoms with Gasteiger partial charge in [-0.3, -0.25) is 9.69 Å². The largest absolute Gasteiger partial charge is 0.490 e. The molecule has 0 aliphatic heterocycles. The van der Waals surface area contributed by atoms with E-state index in [0.29, 0.717) is 42.8 Å². The van der Waals surface area contributed by atoms with Crippen LogP contribution in [0.25, 0.3) is 11.3 Å². The first-order valence-corrected chi connectivity index (χ1v) is 10.2. The lowest BCUT2D eigenvalue weighted by molar-refractivity contribution is -0.200. The van der Waals surface area contributed by atoms with Crippen molar-refractivity contribution in [2.24, 2.45) is 0 Å². The summed E-state index contributed by atoms with van der Waals surface area (Å²) in [5, 5.41) is 15.5. The minimum atomic E-state index is -5.04. The Morgan fingerprint density at radius 2 is 1.88 bits per heavy atom. The molecule has 1 heterocycles. The fourth-order valence-electron chi connectivity index (χ4n) is 2.97. The SMILES string of the molecule is O=C(CCc1cnoc1-c1ccc(F)cc1)NCCCN(CCO)CCOC(=O)C(F)(F)F. The van der Waals surface area contributed by atoms with E-state index < -0.39 is 18.8 Å². The lowest BCUT2D eigenvalue weighted by Crippen LogP contribution is -2.35. The van der Waals surface area contributed by atoms with E-state index in [1.807, 2.05) is 0 Å². The molecule has 0 radical (unpaired) electrons. The Balaban J connectivity index is 1.68. The number of nitrogens with zero attached hydrogens (tertiary/aromatic N) is 2. The summed E-state index contributed by atoms with van der Waals surface area (Å²) in [4.78, 5) is 24.5. The standard InChI is InChI=1S/C21H25F4N3O5/c22-17-5-2-15(3-6-17)19-16(14-27-33-19)4-7-18(30)26-8-1-9-28(10-12-29)11-13-32-20(31)21(23,24)25/h2-3,5-6,14,29H,1,4,7-13H2,(H,26,30). The molecule has 1 aromatic heterocycles. The van der Waals surface area contributed by atoms with Gasteiger partial charge in [-0.05, 0) is 37.1 Å². The number of amides is 1. The number of aliphatic hydroxyl groups excluding tert-OH is 1. The minimum absolute atomic E-state index is 0.0238. The second-order valence-corrected chi connectivity index (χ2v) is 7.09. The van der Waals surface area contributed by atoms with Crippen LogP contribution in [0.1, 0.15) is 18.4 Å². The van der Waals surface area contributed by atoms with Gasteiger partial charge < -0.3 is 19.7 Å². The third-order valence-corrected chi connectivity index (χ3v) is 4.63. The third kappa shape index (κ3) is 9.18. The van der Waals surface area contributed by atoms with Crippen LogP contribution in [0, 0.1) is 5.82 Å². The number of aromatic nitrogens is 1. The zero-order chi connectivity index (χ0) is 24.3. The van der Waals surface area contributed by atoms with Crippen molar-refractivity contribution in [3.8, 4) is 11.3 Å². The third-order valence-electron chi connectivity index (χ3n) is 4.63. The summed E-state index contributed by atoms with van der Waals surface area (Å²) in [6.07, 6.45) is -2.53. The number of benzene rings is 1. The van der Waals surface area contributed by atoms with Crippen molar-refractivity contribution >= 4 is 11.9 Å². The molecule has 0 fully saturated rings. The summed E-state index contributed by atoms with van der Waals surface area (Å²) in [6.45, 7) is 0.240. The van der Waals surface area contributed by atoms with E-state index in [9.17, 15) is 27.2 Å². The van der Waals surface area contributed by atoms with E-state index in [2.05, 4.69) is 15.2 Å². The van der Waals surface area contributed by atoms with Crippen molar-refractivity contribution in [2.45, 2.75) is 25.4 Å². The molecule has 33 heavy (non-hydrogen) atoms. The van der Waals surface area contributed by atoms with Gasteiger partial charge in [-0.15, -0.1) is 0 Å². The summed E-state index contributed by atoms with van der Waals surface area (Å²) < 4.78 is 58.8. The maximum absolute atomic E-state index is 13.1. The van der Waals surface area contributed by atoms with E-state index in [0.717, 1.165) is 0 Å². The van der Waals surface area contributed by atoms with Crippen LogP contribution in [0.4, 0.5) is 17.6 Å². The monoisotopic (exact) mass is 475 g/mol. The van der Waals surface area contributed by atoms with Gasteiger partial charge in [-0.25, -0.2) is 9.18 Å². The van der Waals surface area contributed by atoms with Crippen molar-refractivity contribution in [2.75, 3.05) is 39.4 Å². The van der Waals surface area contributed by atoms with Crippen LogP contribution in [-0.2, 0) is 20.7 Å². The normalized spacial score (nSPS) is 11.6. The summed E-state index contributed by atoms with van der Waals surface area (Å²) in [6, 6.07) is 5.71. The van der Waals surface area contributed by atoms with E-state index in [-0.39, 0.29) is 37.8 Å². The summed E-state index contributed by atoms with van der Waals surface area (Å²) in [5.74, 6) is -2.38. The van der Waals surface area contributed by atoms with E-state index in [4.69, 9.17) is 9.63 Å². The quantitative estimate of drug-likeness (QED) is 0.260. The number of aryl methyl sites for hydroxylation is 1. The van der Waals surface area contributed by atoms with E-state index in [1.54, 1.807) is 17.0 Å². The molecular formula is C21H25F4N3O5. The highest BCUT2D eigenvalue weighted by atomic mass is 19.4. The molecule has 0 spiro atoms. The molecule has 0 aliphatic carbocycles. The molecule has 2 rings (SSSR count). The van der Waals surface area contributed by atoms with Gasteiger partial charge in [0.25, 0.3) is 0 Å². The maximum atomic E-state index is 13.1. The Bertz CT molecular complexity index is 887. The molecule has 1 amide bonds. The Kier molecular flexibility index (Phi) is 10.3. The van der Waals surface area contributed by atoms with Crippen LogP contribution in [0.3, 0.4) is 0 Å². The molecule has 182 valence electrons. The highest BCUT2D eigenvalue weighted by Crippen LogP contribution is 2.24. The number of nitrogens with one attached hydrogen (secondary N) is 1. The van der Waals surface area contributed by atoms with Gasteiger partial charge >= 0.3 is 12.1 Å². The minimum Gasteiger partial charge on any atom is -0.458 e. The topological polar surface area (TPSA) is 105 Å². The van der Waals surface area contributed by atoms with Gasteiger partial charge in [-0.2, -0.15) is 13.2 Å².